The zero-order valence-electron chi connectivity index (χ0n) is 8.50. The Morgan fingerprint density at radius 1 is 1.40 bits per heavy atom. The maximum atomic E-state index is 13.2. The number of halogens is 1. The molecule has 1 heterocycles. The predicted molar refractivity (Wildman–Crippen MR) is 55.2 cm³/mol. The van der Waals surface area contributed by atoms with Gasteiger partial charge in [-0.15, -0.1) is 0 Å². The van der Waals surface area contributed by atoms with E-state index in [1.807, 2.05) is 6.07 Å². The highest BCUT2D eigenvalue weighted by atomic mass is 19.1. The molecule has 0 bridgehead atoms. The van der Waals surface area contributed by atoms with Crippen LogP contribution in [0.25, 0.3) is 0 Å². The highest BCUT2D eigenvalue weighted by Gasteiger charge is 2.32. The summed E-state index contributed by atoms with van der Waals surface area (Å²) in [6.07, 6.45) is 2.27. The minimum absolute atomic E-state index is 0.151. The average molecular weight is 207 g/mol. The van der Waals surface area contributed by atoms with Crippen molar-refractivity contribution in [2.75, 3.05) is 13.2 Å². The SMILES string of the molecule is Fc1ccc2c(c1)C1NCCOC1CC2. The zero-order valence-corrected chi connectivity index (χ0v) is 8.50. The van der Waals surface area contributed by atoms with E-state index in [0.717, 1.165) is 31.6 Å². The van der Waals surface area contributed by atoms with Crippen molar-refractivity contribution < 1.29 is 9.13 Å². The molecule has 0 spiro atoms. The molecule has 2 atom stereocenters. The second kappa shape index (κ2) is 3.58. The van der Waals surface area contributed by atoms with Crippen LogP contribution in [0.1, 0.15) is 23.6 Å². The number of benzene rings is 1. The molecule has 1 fully saturated rings. The largest absolute Gasteiger partial charge is 0.375 e. The lowest BCUT2D eigenvalue weighted by atomic mass is 9.85. The number of morpholine rings is 1. The van der Waals surface area contributed by atoms with Crippen molar-refractivity contribution in [3.8, 4) is 0 Å². The molecule has 1 saturated heterocycles. The lowest BCUT2D eigenvalue weighted by Crippen LogP contribution is -2.44. The summed E-state index contributed by atoms with van der Waals surface area (Å²) in [6.45, 7) is 1.63. The molecular formula is C12H14FNO. The summed E-state index contributed by atoms with van der Waals surface area (Å²) in [7, 11) is 0. The van der Waals surface area contributed by atoms with Crippen molar-refractivity contribution in [1.29, 1.82) is 0 Å². The molecule has 0 aromatic heterocycles. The van der Waals surface area contributed by atoms with E-state index in [0.29, 0.717) is 0 Å². The number of hydrogen-bond donors (Lipinski definition) is 1. The van der Waals surface area contributed by atoms with Gasteiger partial charge in [-0.2, -0.15) is 0 Å². The molecule has 0 radical (unpaired) electrons. The maximum absolute atomic E-state index is 13.2. The molecule has 2 nitrogen and oxygen atoms in total. The molecule has 1 aliphatic heterocycles. The highest BCUT2D eigenvalue weighted by Crippen LogP contribution is 2.33. The molecule has 80 valence electrons. The van der Waals surface area contributed by atoms with E-state index in [2.05, 4.69) is 5.32 Å². The van der Waals surface area contributed by atoms with Gasteiger partial charge in [-0.05, 0) is 36.1 Å². The van der Waals surface area contributed by atoms with Gasteiger partial charge in [0.05, 0.1) is 18.8 Å². The molecule has 15 heavy (non-hydrogen) atoms. The molecule has 3 heteroatoms. The molecule has 1 N–H and O–H groups in total. The summed E-state index contributed by atoms with van der Waals surface area (Å²) in [5.41, 5.74) is 2.35. The molecule has 3 rings (SSSR count). The van der Waals surface area contributed by atoms with E-state index in [1.54, 1.807) is 12.1 Å². The van der Waals surface area contributed by atoms with E-state index in [-0.39, 0.29) is 18.0 Å². The van der Waals surface area contributed by atoms with Crippen LogP contribution in [-0.2, 0) is 11.2 Å². The standard InChI is InChI=1S/C12H14FNO/c13-9-3-1-8-2-4-11-12(10(8)7-9)14-5-6-15-11/h1,3,7,11-12,14H,2,4-6H2. The van der Waals surface area contributed by atoms with Gasteiger partial charge in [0.25, 0.3) is 0 Å². The Kier molecular flexibility index (Phi) is 2.22. The molecule has 1 aliphatic carbocycles. The lowest BCUT2D eigenvalue weighted by molar-refractivity contribution is -0.0139. The fraction of sp³-hybridized carbons (Fsp3) is 0.500. The number of hydrogen-bond acceptors (Lipinski definition) is 2. The van der Waals surface area contributed by atoms with Crippen molar-refractivity contribution in [3.63, 3.8) is 0 Å². The Balaban J connectivity index is 2.01. The summed E-state index contributed by atoms with van der Waals surface area (Å²) in [5, 5.41) is 3.41. The van der Waals surface area contributed by atoms with Crippen LogP contribution >= 0.6 is 0 Å². The van der Waals surface area contributed by atoms with E-state index in [4.69, 9.17) is 4.74 Å². The van der Waals surface area contributed by atoms with Gasteiger partial charge in [-0.3, -0.25) is 0 Å². The first-order valence-corrected chi connectivity index (χ1v) is 5.48. The minimum Gasteiger partial charge on any atom is -0.375 e. The molecule has 0 saturated carbocycles. The van der Waals surface area contributed by atoms with Crippen molar-refractivity contribution >= 4 is 0 Å². The first kappa shape index (κ1) is 9.31. The van der Waals surface area contributed by atoms with Gasteiger partial charge in [0.15, 0.2) is 0 Å². The van der Waals surface area contributed by atoms with Gasteiger partial charge in [0.1, 0.15) is 5.82 Å². The number of aryl methyl sites for hydroxylation is 1. The van der Waals surface area contributed by atoms with E-state index in [1.165, 1.54) is 5.56 Å². The lowest BCUT2D eigenvalue weighted by Gasteiger charge is -2.37. The summed E-state index contributed by atoms with van der Waals surface area (Å²) in [5.74, 6) is -0.151. The Morgan fingerprint density at radius 2 is 2.33 bits per heavy atom. The summed E-state index contributed by atoms with van der Waals surface area (Å²) >= 11 is 0. The van der Waals surface area contributed by atoms with Crippen molar-refractivity contribution in [2.24, 2.45) is 0 Å². The van der Waals surface area contributed by atoms with Gasteiger partial charge >= 0.3 is 0 Å². The van der Waals surface area contributed by atoms with Crippen LogP contribution in [0.15, 0.2) is 18.2 Å². The van der Waals surface area contributed by atoms with Crippen LogP contribution in [0.2, 0.25) is 0 Å². The Bertz CT molecular complexity index is 380. The van der Waals surface area contributed by atoms with Gasteiger partial charge in [0, 0.05) is 6.54 Å². The summed E-state index contributed by atoms with van der Waals surface area (Å²) in [6, 6.07) is 5.28. The average Bonchev–Trinajstić information content (AvgIpc) is 2.29. The molecule has 2 aliphatic rings. The molecule has 1 aromatic rings. The van der Waals surface area contributed by atoms with Crippen molar-refractivity contribution in [3.05, 3.63) is 35.1 Å². The zero-order chi connectivity index (χ0) is 10.3. The number of ether oxygens (including phenoxy) is 1. The van der Waals surface area contributed by atoms with Crippen LogP contribution < -0.4 is 5.32 Å². The van der Waals surface area contributed by atoms with Crippen molar-refractivity contribution in [1.82, 2.24) is 5.32 Å². The first-order chi connectivity index (χ1) is 7.34. The third-order valence-corrected chi connectivity index (χ3v) is 3.31. The van der Waals surface area contributed by atoms with Crippen LogP contribution in [0.4, 0.5) is 4.39 Å². The van der Waals surface area contributed by atoms with Gasteiger partial charge < -0.3 is 10.1 Å². The molecular weight excluding hydrogens is 193 g/mol. The van der Waals surface area contributed by atoms with Gasteiger partial charge in [0.2, 0.25) is 0 Å². The topological polar surface area (TPSA) is 21.3 Å². The quantitative estimate of drug-likeness (QED) is 0.700. The van der Waals surface area contributed by atoms with Crippen LogP contribution in [-0.4, -0.2) is 19.3 Å². The Hall–Kier alpha value is -0.930. The van der Waals surface area contributed by atoms with E-state index in [9.17, 15) is 4.39 Å². The second-order valence-electron chi connectivity index (χ2n) is 4.22. The monoisotopic (exact) mass is 207 g/mol. The minimum atomic E-state index is -0.151. The highest BCUT2D eigenvalue weighted by molar-refractivity contribution is 5.34. The normalized spacial score (nSPS) is 29.4. The molecule has 0 amide bonds. The number of rotatable bonds is 0. The van der Waals surface area contributed by atoms with Gasteiger partial charge in [-0.25, -0.2) is 4.39 Å². The number of fused-ring (bicyclic) bond motifs is 3. The smallest absolute Gasteiger partial charge is 0.123 e. The Morgan fingerprint density at radius 3 is 3.27 bits per heavy atom. The predicted octanol–water partition coefficient (Wildman–Crippen LogP) is 1.80. The fourth-order valence-corrected chi connectivity index (χ4v) is 2.59. The summed E-state index contributed by atoms with van der Waals surface area (Å²) in [4.78, 5) is 0. The third-order valence-electron chi connectivity index (χ3n) is 3.31. The second-order valence-corrected chi connectivity index (χ2v) is 4.22. The van der Waals surface area contributed by atoms with Crippen LogP contribution in [0.3, 0.4) is 0 Å². The van der Waals surface area contributed by atoms with Gasteiger partial charge in [-0.1, -0.05) is 6.07 Å². The van der Waals surface area contributed by atoms with E-state index >= 15 is 0 Å². The number of nitrogens with one attached hydrogen (secondary N) is 1. The van der Waals surface area contributed by atoms with Crippen LogP contribution in [0.5, 0.6) is 0 Å². The maximum Gasteiger partial charge on any atom is 0.123 e. The fourth-order valence-electron chi connectivity index (χ4n) is 2.59. The van der Waals surface area contributed by atoms with Crippen LogP contribution in [0, 0.1) is 5.82 Å². The molecule has 2 unspecified atom stereocenters. The van der Waals surface area contributed by atoms with Crippen molar-refractivity contribution in [2.45, 2.75) is 25.0 Å². The molecule has 1 aromatic carbocycles. The summed E-state index contributed by atoms with van der Waals surface area (Å²) < 4.78 is 18.9. The Labute approximate surface area is 88.4 Å². The first-order valence-electron chi connectivity index (χ1n) is 5.48. The third kappa shape index (κ3) is 1.56. The van der Waals surface area contributed by atoms with E-state index < -0.39 is 0 Å².